The second-order valence-electron chi connectivity index (χ2n) is 7.82. The highest BCUT2D eigenvalue weighted by Gasteiger charge is 2.20. The summed E-state index contributed by atoms with van der Waals surface area (Å²) in [5, 5.41) is 16.7. The van der Waals surface area contributed by atoms with Gasteiger partial charge >= 0.3 is 0 Å². The molecule has 0 bridgehead atoms. The summed E-state index contributed by atoms with van der Waals surface area (Å²) in [5.74, 6) is -0.247. The normalized spacial score (nSPS) is 12.1. The third-order valence-electron chi connectivity index (χ3n) is 5.60. The third-order valence-corrected chi connectivity index (χ3v) is 5.91. The number of nitrogens with one attached hydrogen (secondary N) is 1. The summed E-state index contributed by atoms with van der Waals surface area (Å²) in [4.78, 5) is 13.0. The zero-order chi connectivity index (χ0) is 22.8. The summed E-state index contributed by atoms with van der Waals surface area (Å²) in [7, 11) is 0. The first-order valence-corrected chi connectivity index (χ1v) is 10.9. The van der Waals surface area contributed by atoms with E-state index in [1.807, 2.05) is 47.3 Å². The van der Waals surface area contributed by atoms with E-state index in [9.17, 15) is 4.79 Å². The van der Waals surface area contributed by atoms with Gasteiger partial charge in [0.15, 0.2) is 0 Å². The Morgan fingerprint density at radius 3 is 2.58 bits per heavy atom. The molecule has 8 heteroatoms. The Bertz CT molecular complexity index is 1410. The minimum Gasteiger partial charge on any atom is -0.349 e. The van der Waals surface area contributed by atoms with Gasteiger partial charge in [-0.05, 0) is 42.8 Å². The van der Waals surface area contributed by atoms with Crippen molar-refractivity contribution in [2.75, 3.05) is 6.54 Å². The number of amides is 1. The number of rotatable bonds is 6. The maximum atomic E-state index is 13.0. The molecule has 1 N–H and O–H groups in total. The van der Waals surface area contributed by atoms with Crippen LogP contribution < -0.4 is 5.32 Å². The molecule has 0 aliphatic carbocycles. The Kier molecular flexibility index (Phi) is 5.62. The summed E-state index contributed by atoms with van der Waals surface area (Å²) >= 11 is 6.43. The second-order valence-corrected chi connectivity index (χ2v) is 8.23. The molecular formula is C25H21ClN6O. The zero-order valence-corrected chi connectivity index (χ0v) is 18.6. The number of carbonyl (C=O) groups excluding carboxylic acids is 1. The van der Waals surface area contributed by atoms with Crippen molar-refractivity contribution >= 4 is 28.4 Å². The van der Waals surface area contributed by atoms with E-state index in [1.54, 1.807) is 29.4 Å². The smallest absolute Gasteiger partial charge is 0.252 e. The first kappa shape index (κ1) is 20.9. The number of hydrogen-bond acceptors (Lipinski definition) is 4. The third kappa shape index (κ3) is 4.23. The van der Waals surface area contributed by atoms with Crippen molar-refractivity contribution in [3.8, 4) is 5.69 Å². The highest BCUT2D eigenvalue weighted by molar-refractivity contribution is 6.34. The summed E-state index contributed by atoms with van der Waals surface area (Å²) in [6, 6.07) is 21.3. The van der Waals surface area contributed by atoms with Crippen molar-refractivity contribution < 1.29 is 4.79 Å². The summed E-state index contributed by atoms with van der Waals surface area (Å²) in [5.41, 5.74) is 4.43. The van der Waals surface area contributed by atoms with Gasteiger partial charge in [0, 0.05) is 17.6 Å². The lowest BCUT2D eigenvalue weighted by atomic mass is 10.1. The van der Waals surface area contributed by atoms with E-state index in [2.05, 4.69) is 45.7 Å². The molecule has 0 fully saturated rings. The van der Waals surface area contributed by atoms with Crippen molar-refractivity contribution in [3.63, 3.8) is 0 Å². The molecule has 0 unspecified atom stereocenters. The number of fused-ring (bicyclic) bond motifs is 1. The van der Waals surface area contributed by atoms with Crippen LogP contribution in [0.3, 0.4) is 0 Å². The number of hydrogen-bond donors (Lipinski definition) is 1. The first-order valence-electron chi connectivity index (χ1n) is 10.5. The molecule has 164 valence electrons. The largest absolute Gasteiger partial charge is 0.349 e. The molecule has 5 aromatic rings. The van der Waals surface area contributed by atoms with Crippen LogP contribution in [-0.2, 0) is 0 Å². The van der Waals surface area contributed by atoms with Crippen molar-refractivity contribution in [2.24, 2.45) is 0 Å². The van der Waals surface area contributed by atoms with Gasteiger partial charge in [-0.25, -0.2) is 0 Å². The second kappa shape index (κ2) is 8.88. The average Bonchev–Trinajstić information content (AvgIpc) is 3.50. The van der Waals surface area contributed by atoms with E-state index in [0.717, 1.165) is 22.2 Å². The molecule has 0 spiro atoms. The number of nitrogens with zero attached hydrogens (tertiary/aromatic N) is 5. The van der Waals surface area contributed by atoms with Crippen LogP contribution >= 0.6 is 11.6 Å². The molecule has 2 heterocycles. The molecule has 5 rings (SSSR count). The van der Waals surface area contributed by atoms with Gasteiger partial charge in [-0.2, -0.15) is 5.10 Å². The van der Waals surface area contributed by atoms with E-state index in [-0.39, 0.29) is 11.9 Å². The Labute approximate surface area is 195 Å². The van der Waals surface area contributed by atoms with Crippen molar-refractivity contribution in [3.05, 3.63) is 107 Å². The number of aromatic nitrogens is 5. The maximum absolute atomic E-state index is 13.0. The van der Waals surface area contributed by atoms with Crippen LogP contribution in [0.15, 0.2) is 85.6 Å². The van der Waals surface area contributed by atoms with E-state index in [0.29, 0.717) is 17.1 Å². The number of halogens is 1. The standard InChI is InChI=1S/C25H21ClN6O/c1-17-7-10-23-19(11-17)13-30-32(23)24(18-5-3-2-4-6-18)14-27-25(33)21-9-8-20(12-22(21)26)31-15-28-29-16-31/h2-13,15-16,24H,14H2,1H3,(H,27,33)/t24-/m1/s1. The van der Waals surface area contributed by atoms with Gasteiger partial charge in [0.05, 0.1) is 28.3 Å². The lowest BCUT2D eigenvalue weighted by Gasteiger charge is -2.20. The predicted octanol–water partition coefficient (Wildman–Crippen LogP) is 4.60. The quantitative estimate of drug-likeness (QED) is 0.405. The monoisotopic (exact) mass is 456 g/mol. The molecule has 0 aliphatic rings. The van der Waals surface area contributed by atoms with Gasteiger partial charge in [0.1, 0.15) is 12.7 Å². The number of carbonyl (C=O) groups is 1. The fourth-order valence-corrected chi connectivity index (χ4v) is 4.17. The van der Waals surface area contributed by atoms with Gasteiger partial charge < -0.3 is 5.32 Å². The van der Waals surface area contributed by atoms with Gasteiger partial charge in [0.2, 0.25) is 0 Å². The first-order chi connectivity index (χ1) is 16.1. The van der Waals surface area contributed by atoms with Crippen LogP contribution in [0.25, 0.3) is 16.6 Å². The van der Waals surface area contributed by atoms with E-state index >= 15 is 0 Å². The summed E-state index contributed by atoms with van der Waals surface area (Å²) < 4.78 is 3.69. The summed E-state index contributed by atoms with van der Waals surface area (Å²) in [6.45, 7) is 2.42. The van der Waals surface area contributed by atoms with E-state index in [1.165, 1.54) is 5.56 Å². The fraction of sp³-hybridized carbons (Fsp3) is 0.120. The van der Waals surface area contributed by atoms with Crippen LogP contribution in [0, 0.1) is 6.92 Å². The van der Waals surface area contributed by atoms with Gasteiger partial charge in [-0.3, -0.25) is 14.0 Å². The van der Waals surface area contributed by atoms with Gasteiger partial charge in [-0.1, -0.05) is 53.6 Å². The lowest BCUT2D eigenvalue weighted by Crippen LogP contribution is -2.32. The summed E-state index contributed by atoms with van der Waals surface area (Å²) in [6.07, 6.45) is 5.01. The number of aryl methyl sites for hydroxylation is 1. The average molecular weight is 457 g/mol. The van der Waals surface area contributed by atoms with E-state index in [4.69, 9.17) is 11.6 Å². The molecule has 1 amide bonds. The van der Waals surface area contributed by atoms with Gasteiger partial charge in [0.25, 0.3) is 5.91 Å². The molecule has 3 aromatic carbocycles. The maximum Gasteiger partial charge on any atom is 0.252 e. The molecule has 0 saturated carbocycles. The van der Waals surface area contributed by atoms with Crippen LogP contribution in [0.2, 0.25) is 5.02 Å². The minimum absolute atomic E-state index is 0.176. The Balaban J connectivity index is 1.42. The number of benzene rings is 3. The van der Waals surface area contributed by atoms with E-state index < -0.39 is 0 Å². The molecule has 0 aliphatic heterocycles. The van der Waals surface area contributed by atoms with Crippen LogP contribution in [0.5, 0.6) is 0 Å². The molecular weight excluding hydrogens is 436 g/mol. The van der Waals surface area contributed by atoms with Crippen LogP contribution in [-0.4, -0.2) is 37.0 Å². The highest BCUT2D eigenvalue weighted by atomic mass is 35.5. The lowest BCUT2D eigenvalue weighted by molar-refractivity contribution is 0.0949. The Morgan fingerprint density at radius 1 is 1.03 bits per heavy atom. The van der Waals surface area contributed by atoms with Crippen molar-refractivity contribution in [1.82, 2.24) is 29.9 Å². The molecule has 0 radical (unpaired) electrons. The van der Waals surface area contributed by atoms with Crippen molar-refractivity contribution in [1.29, 1.82) is 0 Å². The van der Waals surface area contributed by atoms with Crippen LogP contribution in [0.4, 0.5) is 0 Å². The minimum atomic E-state index is -0.247. The molecule has 0 saturated heterocycles. The topological polar surface area (TPSA) is 77.6 Å². The Morgan fingerprint density at radius 2 is 1.82 bits per heavy atom. The van der Waals surface area contributed by atoms with Gasteiger partial charge in [-0.15, -0.1) is 10.2 Å². The zero-order valence-electron chi connectivity index (χ0n) is 17.9. The fourth-order valence-electron chi connectivity index (χ4n) is 3.91. The van der Waals surface area contributed by atoms with Crippen molar-refractivity contribution in [2.45, 2.75) is 13.0 Å². The molecule has 1 atom stereocenters. The molecule has 33 heavy (non-hydrogen) atoms. The predicted molar refractivity (Wildman–Crippen MR) is 128 cm³/mol. The molecule has 7 nitrogen and oxygen atoms in total. The Hall–Kier alpha value is -3.97. The van der Waals surface area contributed by atoms with Crippen LogP contribution in [0.1, 0.15) is 27.5 Å². The molecule has 2 aromatic heterocycles. The highest BCUT2D eigenvalue weighted by Crippen LogP contribution is 2.25. The SMILES string of the molecule is Cc1ccc2c(cnn2[C@H](CNC(=O)c2ccc(-n3cnnc3)cc2Cl)c2ccccc2)c1.